The first-order valence-corrected chi connectivity index (χ1v) is 7.79. The molecule has 1 aliphatic heterocycles. The van der Waals surface area contributed by atoms with Crippen LogP contribution in [0.2, 0.25) is 0 Å². The Balaban J connectivity index is 1.75. The van der Waals surface area contributed by atoms with Crippen LogP contribution < -0.4 is 15.4 Å². The summed E-state index contributed by atoms with van der Waals surface area (Å²) in [7, 11) is 1.65. The molecule has 2 N–H and O–H groups in total. The van der Waals surface area contributed by atoms with Crippen molar-refractivity contribution in [2.45, 2.75) is 32.7 Å². The molecule has 1 aromatic carbocycles. The second kappa shape index (κ2) is 8.03. The van der Waals surface area contributed by atoms with Crippen LogP contribution in [0.15, 0.2) is 24.3 Å². The van der Waals surface area contributed by atoms with Crippen molar-refractivity contribution in [1.82, 2.24) is 10.6 Å². The van der Waals surface area contributed by atoms with Gasteiger partial charge in [-0.05, 0) is 55.5 Å². The molecule has 0 spiro atoms. The first kappa shape index (κ1) is 15.8. The number of rotatable bonds is 6. The van der Waals surface area contributed by atoms with Gasteiger partial charge >= 0.3 is 0 Å². The summed E-state index contributed by atoms with van der Waals surface area (Å²) < 4.78 is 5.19. The van der Waals surface area contributed by atoms with Crippen LogP contribution in [0.1, 0.15) is 31.7 Å². The molecule has 1 fully saturated rings. The number of benzene rings is 1. The molecule has 21 heavy (non-hydrogen) atoms. The fourth-order valence-electron chi connectivity index (χ4n) is 2.93. The Kier molecular flexibility index (Phi) is 6.05. The average Bonchev–Trinajstić information content (AvgIpc) is 2.54. The summed E-state index contributed by atoms with van der Waals surface area (Å²) in [4.78, 5) is 12.1. The Labute approximate surface area is 127 Å². The average molecular weight is 290 g/mol. The van der Waals surface area contributed by atoms with Crippen molar-refractivity contribution in [3.8, 4) is 5.75 Å². The fourth-order valence-corrected chi connectivity index (χ4v) is 2.93. The second-order valence-electron chi connectivity index (χ2n) is 5.90. The van der Waals surface area contributed by atoms with Gasteiger partial charge in [0, 0.05) is 13.0 Å². The molecule has 0 saturated carbocycles. The van der Waals surface area contributed by atoms with E-state index in [0.717, 1.165) is 24.4 Å². The van der Waals surface area contributed by atoms with E-state index in [2.05, 4.69) is 17.6 Å². The number of ether oxygens (including phenoxy) is 1. The third kappa shape index (κ3) is 5.05. The van der Waals surface area contributed by atoms with Gasteiger partial charge < -0.3 is 15.4 Å². The standard InChI is InChI=1S/C17H26N2O2/c1-13(15-6-8-18-9-7-15)10-17(20)19-12-14-4-3-5-16(11-14)21-2/h3-5,11,13,15,18H,6-10,12H2,1-2H3,(H,19,20). The molecular formula is C17H26N2O2. The molecule has 1 aromatic rings. The summed E-state index contributed by atoms with van der Waals surface area (Å²) in [5.74, 6) is 2.10. The predicted octanol–water partition coefficient (Wildman–Crippen LogP) is 2.34. The summed E-state index contributed by atoms with van der Waals surface area (Å²) in [6.07, 6.45) is 2.99. The maximum absolute atomic E-state index is 12.1. The Morgan fingerprint density at radius 3 is 2.90 bits per heavy atom. The van der Waals surface area contributed by atoms with E-state index in [4.69, 9.17) is 4.74 Å². The number of piperidine rings is 1. The monoisotopic (exact) mass is 290 g/mol. The fraction of sp³-hybridized carbons (Fsp3) is 0.588. The SMILES string of the molecule is COc1cccc(CNC(=O)CC(C)C2CCNCC2)c1. The van der Waals surface area contributed by atoms with Gasteiger partial charge in [0.2, 0.25) is 5.91 Å². The number of amides is 1. The summed E-state index contributed by atoms with van der Waals surface area (Å²) in [5, 5.41) is 6.38. The van der Waals surface area contributed by atoms with Gasteiger partial charge in [-0.2, -0.15) is 0 Å². The van der Waals surface area contributed by atoms with Gasteiger partial charge in [0.15, 0.2) is 0 Å². The smallest absolute Gasteiger partial charge is 0.220 e. The molecule has 4 heteroatoms. The lowest BCUT2D eigenvalue weighted by Crippen LogP contribution is -2.33. The van der Waals surface area contributed by atoms with E-state index in [9.17, 15) is 4.79 Å². The van der Waals surface area contributed by atoms with Gasteiger partial charge in [0.25, 0.3) is 0 Å². The minimum absolute atomic E-state index is 0.142. The Hall–Kier alpha value is -1.55. The van der Waals surface area contributed by atoms with Crippen LogP contribution in [0.4, 0.5) is 0 Å². The van der Waals surface area contributed by atoms with Crippen LogP contribution >= 0.6 is 0 Å². The first-order chi connectivity index (χ1) is 10.2. The third-order valence-electron chi connectivity index (χ3n) is 4.32. The van der Waals surface area contributed by atoms with Crippen molar-refractivity contribution in [2.24, 2.45) is 11.8 Å². The molecule has 0 bridgehead atoms. The summed E-state index contributed by atoms with van der Waals surface area (Å²) in [6, 6.07) is 7.80. The molecule has 4 nitrogen and oxygen atoms in total. The van der Waals surface area contributed by atoms with E-state index >= 15 is 0 Å². The molecule has 1 atom stereocenters. The van der Waals surface area contributed by atoms with Crippen molar-refractivity contribution >= 4 is 5.91 Å². The Morgan fingerprint density at radius 1 is 1.43 bits per heavy atom. The maximum Gasteiger partial charge on any atom is 0.220 e. The summed E-state index contributed by atoms with van der Waals surface area (Å²) in [6.45, 7) is 4.93. The molecule has 1 amide bonds. The van der Waals surface area contributed by atoms with Crippen LogP contribution in [-0.2, 0) is 11.3 Å². The Bertz CT molecular complexity index is 456. The quantitative estimate of drug-likeness (QED) is 0.845. The number of carbonyl (C=O) groups excluding carboxylic acids is 1. The number of hydrogen-bond donors (Lipinski definition) is 2. The maximum atomic E-state index is 12.1. The highest BCUT2D eigenvalue weighted by Gasteiger charge is 2.21. The van der Waals surface area contributed by atoms with Gasteiger partial charge in [-0.15, -0.1) is 0 Å². The van der Waals surface area contributed by atoms with Gasteiger partial charge in [-0.3, -0.25) is 4.79 Å². The van der Waals surface area contributed by atoms with Crippen molar-refractivity contribution in [3.63, 3.8) is 0 Å². The molecule has 2 rings (SSSR count). The van der Waals surface area contributed by atoms with Gasteiger partial charge in [-0.25, -0.2) is 0 Å². The van der Waals surface area contributed by atoms with Crippen molar-refractivity contribution < 1.29 is 9.53 Å². The zero-order valence-corrected chi connectivity index (χ0v) is 13.0. The Morgan fingerprint density at radius 2 is 2.19 bits per heavy atom. The lowest BCUT2D eigenvalue weighted by Gasteiger charge is -2.27. The summed E-state index contributed by atoms with van der Waals surface area (Å²) in [5.41, 5.74) is 1.07. The van der Waals surface area contributed by atoms with Gasteiger partial charge in [0.05, 0.1) is 7.11 Å². The van der Waals surface area contributed by atoms with Crippen molar-refractivity contribution in [3.05, 3.63) is 29.8 Å². The molecule has 1 unspecified atom stereocenters. The molecule has 0 radical (unpaired) electrons. The molecular weight excluding hydrogens is 264 g/mol. The number of hydrogen-bond acceptors (Lipinski definition) is 3. The molecule has 116 valence electrons. The lowest BCUT2D eigenvalue weighted by molar-refractivity contribution is -0.122. The molecule has 0 aromatic heterocycles. The topological polar surface area (TPSA) is 50.4 Å². The van der Waals surface area contributed by atoms with E-state index in [1.807, 2.05) is 24.3 Å². The van der Waals surface area contributed by atoms with Crippen LogP contribution in [0.25, 0.3) is 0 Å². The molecule has 1 aliphatic rings. The zero-order valence-electron chi connectivity index (χ0n) is 13.0. The van der Waals surface area contributed by atoms with E-state index < -0.39 is 0 Å². The number of carbonyl (C=O) groups is 1. The van der Waals surface area contributed by atoms with Crippen LogP contribution in [0, 0.1) is 11.8 Å². The van der Waals surface area contributed by atoms with Crippen molar-refractivity contribution in [1.29, 1.82) is 0 Å². The zero-order chi connectivity index (χ0) is 15.1. The van der Waals surface area contributed by atoms with Gasteiger partial charge in [0.1, 0.15) is 5.75 Å². The van der Waals surface area contributed by atoms with Gasteiger partial charge in [-0.1, -0.05) is 19.1 Å². The highest BCUT2D eigenvalue weighted by Crippen LogP contribution is 2.24. The predicted molar refractivity (Wildman–Crippen MR) is 84.2 cm³/mol. The minimum Gasteiger partial charge on any atom is -0.497 e. The van der Waals surface area contributed by atoms with Crippen LogP contribution in [0.5, 0.6) is 5.75 Å². The normalized spacial score (nSPS) is 17.2. The number of nitrogens with one attached hydrogen (secondary N) is 2. The molecule has 1 saturated heterocycles. The van der Waals surface area contributed by atoms with E-state index in [1.54, 1.807) is 7.11 Å². The van der Waals surface area contributed by atoms with E-state index in [-0.39, 0.29) is 5.91 Å². The van der Waals surface area contributed by atoms with Crippen LogP contribution in [-0.4, -0.2) is 26.1 Å². The molecule has 0 aliphatic carbocycles. The molecule has 1 heterocycles. The third-order valence-corrected chi connectivity index (χ3v) is 4.32. The number of methoxy groups -OCH3 is 1. The van der Waals surface area contributed by atoms with Crippen LogP contribution in [0.3, 0.4) is 0 Å². The largest absolute Gasteiger partial charge is 0.497 e. The second-order valence-corrected chi connectivity index (χ2v) is 5.90. The van der Waals surface area contributed by atoms with Crippen molar-refractivity contribution in [2.75, 3.05) is 20.2 Å². The first-order valence-electron chi connectivity index (χ1n) is 7.79. The van der Waals surface area contributed by atoms with E-state index in [0.29, 0.717) is 24.8 Å². The summed E-state index contributed by atoms with van der Waals surface area (Å²) >= 11 is 0. The lowest BCUT2D eigenvalue weighted by atomic mass is 9.84. The van der Waals surface area contributed by atoms with E-state index in [1.165, 1.54) is 12.8 Å². The highest BCUT2D eigenvalue weighted by atomic mass is 16.5. The minimum atomic E-state index is 0.142. The highest BCUT2D eigenvalue weighted by molar-refractivity contribution is 5.76.